The highest BCUT2D eigenvalue weighted by Crippen LogP contribution is 2.22. The lowest BCUT2D eigenvalue weighted by molar-refractivity contribution is 0.546. The molecule has 3 nitrogen and oxygen atoms in total. The fraction of sp³-hybridized carbons (Fsp3) is 0.375. The smallest absolute Gasteiger partial charge is 0.137 e. The molecule has 0 spiro atoms. The van der Waals surface area contributed by atoms with Crippen molar-refractivity contribution < 1.29 is 0 Å². The third-order valence-corrected chi connectivity index (χ3v) is 3.99. The second-order valence-electron chi connectivity index (χ2n) is 5.74. The van der Waals surface area contributed by atoms with Crippen molar-refractivity contribution in [2.75, 3.05) is 17.6 Å². The normalized spacial score (nSPS) is 11.4. The van der Waals surface area contributed by atoms with E-state index in [4.69, 9.17) is 11.6 Å². The van der Waals surface area contributed by atoms with Gasteiger partial charge in [-0.1, -0.05) is 50.6 Å². The number of thioether (sulfide) groups is 1. The van der Waals surface area contributed by atoms with E-state index < -0.39 is 0 Å². The number of halogens is 1. The molecule has 2 aromatic rings. The second-order valence-corrected chi connectivity index (χ2v) is 7.29. The number of hydrogen-bond acceptors (Lipinski definition) is 4. The van der Waals surface area contributed by atoms with Crippen LogP contribution >= 0.6 is 23.4 Å². The molecule has 0 unspecified atom stereocenters. The number of aromatic nitrogens is 2. The molecule has 0 radical (unpaired) electrons. The summed E-state index contributed by atoms with van der Waals surface area (Å²) in [4.78, 5) is 10.1. The van der Waals surface area contributed by atoms with Gasteiger partial charge in [0.25, 0.3) is 0 Å². The van der Waals surface area contributed by atoms with E-state index in [-0.39, 0.29) is 5.41 Å². The number of rotatable bonds is 5. The van der Waals surface area contributed by atoms with Crippen molar-refractivity contribution in [3.05, 3.63) is 47.4 Å². The van der Waals surface area contributed by atoms with Gasteiger partial charge in [-0.15, -0.1) is 11.8 Å². The summed E-state index contributed by atoms with van der Waals surface area (Å²) < 4.78 is 0. The van der Waals surface area contributed by atoms with Crippen molar-refractivity contribution in [3.8, 4) is 0 Å². The molecule has 112 valence electrons. The molecule has 0 fully saturated rings. The first-order valence-corrected chi connectivity index (χ1v) is 8.28. The van der Waals surface area contributed by atoms with Crippen molar-refractivity contribution in [3.63, 3.8) is 0 Å². The molecule has 21 heavy (non-hydrogen) atoms. The van der Waals surface area contributed by atoms with Gasteiger partial charge in [0.05, 0.1) is 0 Å². The molecule has 0 aliphatic carbocycles. The van der Waals surface area contributed by atoms with E-state index in [9.17, 15) is 0 Å². The molecule has 0 bridgehead atoms. The Hall–Kier alpha value is -1.26. The van der Waals surface area contributed by atoms with E-state index in [1.54, 1.807) is 6.07 Å². The van der Waals surface area contributed by atoms with E-state index >= 15 is 0 Å². The zero-order valence-corrected chi connectivity index (χ0v) is 14.1. The maximum absolute atomic E-state index is 6.07. The average Bonchev–Trinajstić information content (AvgIpc) is 2.43. The maximum atomic E-state index is 6.07. The van der Waals surface area contributed by atoms with Crippen LogP contribution in [-0.2, 0) is 5.41 Å². The molecule has 0 aliphatic rings. The van der Waals surface area contributed by atoms with Gasteiger partial charge in [-0.2, -0.15) is 0 Å². The predicted molar refractivity (Wildman–Crippen MR) is 91.4 cm³/mol. The first kappa shape index (κ1) is 16.1. The monoisotopic (exact) mass is 321 g/mol. The number of hydrogen-bond donors (Lipinski definition) is 1. The van der Waals surface area contributed by atoms with Crippen LogP contribution in [0.3, 0.4) is 0 Å². The lowest BCUT2D eigenvalue weighted by Crippen LogP contribution is -2.17. The number of nitrogens with zero attached hydrogens (tertiary/aromatic N) is 2. The van der Waals surface area contributed by atoms with Gasteiger partial charge in [0.1, 0.15) is 16.8 Å². The van der Waals surface area contributed by atoms with Crippen LogP contribution in [-0.4, -0.2) is 22.3 Å². The Labute approximate surface area is 135 Å². The number of anilines is 1. The van der Waals surface area contributed by atoms with Crippen LogP contribution in [0.4, 0.5) is 5.82 Å². The minimum Gasteiger partial charge on any atom is -0.369 e. The highest BCUT2D eigenvalue weighted by atomic mass is 35.5. The zero-order chi connectivity index (χ0) is 15.3. The van der Waals surface area contributed by atoms with Gasteiger partial charge in [0.15, 0.2) is 0 Å². The Balaban J connectivity index is 1.90. The molecular formula is C16H20ClN3S. The fourth-order valence-corrected chi connectivity index (χ4v) is 2.68. The SMILES string of the molecule is CC(C)(C)c1nc(Cl)cc(NCCSc2ccccc2)n1. The summed E-state index contributed by atoms with van der Waals surface area (Å²) in [6, 6.07) is 12.1. The van der Waals surface area contributed by atoms with Gasteiger partial charge < -0.3 is 5.32 Å². The summed E-state index contributed by atoms with van der Waals surface area (Å²) in [7, 11) is 0. The Morgan fingerprint density at radius 3 is 2.52 bits per heavy atom. The molecule has 1 aromatic carbocycles. The Bertz CT molecular complexity index is 582. The van der Waals surface area contributed by atoms with Crippen LogP contribution in [0.1, 0.15) is 26.6 Å². The van der Waals surface area contributed by atoms with Gasteiger partial charge in [-0.25, -0.2) is 9.97 Å². The topological polar surface area (TPSA) is 37.8 Å². The van der Waals surface area contributed by atoms with E-state index in [2.05, 4.69) is 60.3 Å². The molecule has 2 rings (SSSR count). The zero-order valence-electron chi connectivity index (χ0n) is 12.6. The molecule has 0 saturated carbocycles. The van der Waals surface area contributed by atoms with Crippen molar-refractivity contribution in [2.24, 2.45) is 0 Å². The third kappa shape index (κ3) is 5.21. The fourth-order valence-electron chi connectivity index (χ4n) is 1.71. The quantitative estimate of drug-likeness (QED) is 0.495. The summed E-state index contributed by atoms with van der Waals surface area (Å²) in [6.45, 7) is 7.06. The minimum absolute atomic E-state index is 0.111. The molecule has 0 aliphatic heterocycles. The second kappa shape index (κ2) is 7.14. The number of nitrogens with one attached hydrogen (secondary N) is 1. The summed E-state index contributed by atoms with van der Waals surface area (Å²) in [5.41, 5.74) is -0.111. The van der Waals surface area contributed by atoms with Gasteiger partial charge in [-0.3, -0.25) is 0 Å². The molecular weight excluding hydrogens is 302 g/mol. The van der Waals surface area contributed by atoms with Crippen LogP contribution in [0.2, 0.25) is 5.15 Å². The molecule has 1 N–H and O–H groups in total. The van der Waals surface area contributed by atoms with E-state index in [1.165, 1.54) is 4.90 Å². The Morgan fingerprint density at radius 2 is 1.86 bits per heavy atom. The van der Waals surface area contributed by atoms with Gasteiger partial charge in [-0.05, 0) is 12.1 Å². The van der Waals surface area contributed by atoms with Crippen molar-refractivity contribution in [1.29, 1.82) is 0 Å². The first-order chi connectivity index (χ1) is 9.95. The average molecular weight is 322 g/mol. The molecule has 1 heterocycles. The third-order valence-electron chi connectivity index (χ3n) is 2.79. The van der Waals surface area contributed by atoms with Gasteiger partial charge in [0.2, 0.25) is 0 Å². The van der Waals surface area contributed by atoms with Gasteiger partial charge in [0, 0.05) is 28.7 Å². The van der Waals surface area contributed by atoms with Crippen LogP contribution < -0.4 is 5.32 Å². The summed E-state index contributed by atoms with van der Waals surface area (Å²) in [6.07, 6.45) is 0. The Kier molecular flexibility index (Phi) is 5.48. The van der Waals surface area contributed by atoms with Crippen LogP contribution in [0.5, 0.6) is 0 Å². The lowest BCUT2D eigenvalue weighted by atomic mass is 9.96. The molecule has 0 amide bonds. The van der Waals surface area contributed by atoms with E-state index in [0.29, 0.717) is 5.15 Å². The molecule has 0 atom stereocenters. The maximum Gasteiger partial charge on any atom is 0.137 e. The van der Waals surface area contributed by atoms with E-state index in [0.717, 1.165) is 23.9 Å². The number of benzene rings is 1. The Morgan fingerprint density at radius 1 is 1.14 bits per heavy atom. The lowest BCUT2D eigenvalue weighted by Gasteiger charge is -2.17. The molecule has 0 saturated heterocycles. The van der Waals surface area contributed by atoms with E-state index in [1.807, 2.05) is 17.8 Å². The molecule has 1 aromatic heterocycles. The predicted octanol–water partition coefficient (Wildman–Crippen LogP) is 4.63. The minimum atomic E-state index is -0.111. The van der Waals surface area contributed by atoms with Crippen molar-refractivity contribution >= 4 is 29.2 Å². The molecule has 5 heteroatoms. The first-order valence-electron chi connectivity index (χ1n) is 6.92. The standard InChI is InChI=1S/C16H20ClN3S/c1-16(2,3)15-19-13(17)11-14(20-15)18-9-10-21-12-7-5-4-6-8-12/h4-8,11H,9-10H2,1-3H3,(H,18,19,20). The van der Waals surface area contributed by atoms with Crippen molar-refractivity contribution in [2.45, 2.75) is 31.1 Å². The van der Waals surface area contributed by atoms with Crippen LogP contribution in [0, 0.1) is 0 Å². The van der Waals surface area contributed by atoms with Gasteiger partial charge >= 0.3 is 0 Å². The highest BCUT2D eigenvalue weighted by Gasteiger charge is 2.18. The summed E-state index contributed by atoms with van der Waals surface area (Å²) in [5, 5.41) is 3.79. The summed E-state index contributed by atoms with van der Waals surface area (Å²) in [5.74, 6) is 2.51. The highest BCUT2D eigenvalue weighted by molar-refractivity contribution is 7.99. The largest absolute Gasteiger partial charge is 0.369 e. The summed E-state index contributed by atoms with van der Waals surface area (Å²) >= 11 is 7.88. The van der Waals surface area contributed by atoms with Crippen molar-refractivity contribution in [1.82, 2.24) is 9.97 Å². The van der Waals surface area contributed by atoms with Crippen LogP contribution in [0.15, 0.2) is 41.3 Å². The van der Waals surface area contributed by atoms with Crippen LogP contribution in [0.25, 0.3) is 0 Å².